The molecule has 0 fully saturated rings. The lowest BCUT2D eigenvalue weighted by molar-refractivity contribution is 0.312. The maximum absolute atomic E-state index is 5.99. The lowest BCUT2D eigenvalue weighted by Gasteiger charge is -2.09. The van der Waals surface area contributed by atoms with E-state index in [0.717, 1.165) is 9.35 Å². The molecule has 0 aliphatic carbocycles. The van der Waals surface area contributed by atoms with E-state index in [1.54, 1.807) is 29.5 Å². The van der Waals surface area contributed by atoms with Gasteiger partial charge in [0.25, 0.3) is 0 Å². The summed E-state index contributed by atoms with van der Waals surface area (Å²) in [6.45, 7) is 0.476. The van der Waals surface area contributed by atoms with Crippen LogP contribution in [0.4, 0.5) is 5.69 Å². The van der Waals surface area contributed by atoms with Crippen LogP contribution in [0.2, 0.25) is 5.02 Å². The van der Waals surface area contributed by atoms with Crippen LogP contribution in [0.1, 0.15) is 4.88 Å². The zero-order chi connectivity index (χ0) is 11.5. The SMILES string of the molecule is Nc1cccc(Cl)c1OCc1cc(Br)cs1. The number of hydrogen-bond donors (Lipinski definition) is 1. The van der Waals surface area contributed by atoms with Crippen LogP contribution >= 0.6 is 38.9 Å². The van der Waals surface area contributed by atoms with Crippen LogP contribution in [0.3, 0.4) is 0 Å². The van der Waals surface area contributed by atoms with E-state index >= 15 is 0 Å². The van der Waals surface area contributed by atoms with Gasteiger partial charge in [-0.1, -0.05) is 17.7 Å². The number of halogens is 2. The number of ether oxygens (including phenoxy) is 1. The highest BCUT2D eigenvalue weighted by molar-refractivity contribution is 9.10. The molecule has 2 N–H and O–H groups in total. The minimum atomic E-state index is 0.476. The number of nitrogen functional groups attached to an aromatic ring is 1. The summed E-state index contributed by atoms with van der Waals surface area (Å²) in [6, 6.07) is 7.34. The first-order valence-electron chi connectivity index (χ1n) is 4.56. The zero-order valence-corrected chi connectivity index (χ0v) is 11.4. The van der Waals surface area contributed by atoms with Gasteiger partial charge in [0.05, 0.1) is 10.7 Å². The maximum Gasteiger partial charge on any atom is 0.161 e. The minimum absolute atomic E-state index is 0.476. The van der Waals surface area contributed by atoms with Gasteiger partial charge in [0.1, 0.15) is 6.61 Å². The second kappa shape index (κ2) is 5.08. The van der Waals surface area contributed by atoms with Crippen molar-refractivity contribution in [1.82, 2.24) is 0 Å². The summed E-state index contributed by atoms with van der Waals surface area (Å²) in [6.07, 6.45) is 0. The number of anilines is 1. The molecule has 0 aliphatic heterocycles. The first-order valence-corrected chi connectivity index (χ1v) is 6.61. The Hall–Kier alpha value is -0.710. The summed E-state index contributed by atoms with van der Waals surface area (Å²) in [5.74, 6) is 0.550. The smallest absolute Gasteiger partial charge is 0.161 e. The average Bonchev–Trinajstić information content (AvgIpc) is 2.63. The van der Waals surface area contributed by atoms with Gasteiger partial charge in [-0.25, -0.2) is 0 Å². The molecule has 0 saturated heterocycles. The first-order chi connectivity index (χ1) is 7.66. The van der Waals surface area contributed by atoms with Gasteiger partial charge >= 0.3 is 0 Å². The van der Waals surface area contributed by atoms with Gasteiger partial charge in [0.15, 0.2) is 5.75 Å². The van der Waals surface area contributed by atoms with Gasteiger partial charge in [-0.05, 0) is 34.1 Å². The molecule has 84 valence electrons. The van der Waals surface area contributed by atoms with E-state index in [1.165, 1.54) is 0 Å². The van der Waals surface area contributed by atoms with Crippen molar-refractivity contribution in [2.24, 2.45) is 0 Å². The standard InChI is InChI=1S/C11H9BrClNOS/c12-7-4-8(16-6-7)5-15-11-9(13)2-1-3-10(11)14/h1-4,6H,5,14H2. The highest BCUT2D eigenvalue weighted by Crippen LogP contribution is 2.32. The van der Waals surface area contributed by atoms with Crippen molar-refractivity contribution in [2.75, 3.05) is 5.73 Å². The molecule has 0 radical (unpaired) electrons. The Bertz CT molecular complexity index is 480. The molecule has 0 aliphatic rings. The second-order valence-corrected chi connectivity index (χ2v) is 5.50. The number of para-hydroxylation sites is 1. The quantitative estimate of drug-likeness (QED) is 0.855. The monoisotopic (exact) mass is 317 g/mol. The summed E-state index contributed by atoms with van der Waals surface area (Å²) in [4.78, 5) is 1.12. The molecule has 0 atom stereocenters. The largest absolute Gasteiger partial charge is 0.484 e. The fourth-order valence-corrected chi connectivity index (χ4v) is 2.85. The van der Waals surface area contributed by atoms with Crippen LogP contribution in [-0.4, -0.2) is 0 Å². The molecule has 0 amide bonds. The molecule has 1 aromatic carbocycles. The van der Waals surface area contributed by atoms with E-state index < -0.39 is 0 Å². The number of thiophene rings is 1. The molecule has 1 aromatic heterocycles. The number of nitrogens with two attached hydrogens (primary N) is 1. The summed E-state index contributed by atoms with van der Waals surface area (Å²) in [5.41, 5.74) is 6.33. The van der Waals surface area contributed by atoms with Gasteiger partial charge in [-0.3, -0.25) is 0 Å². The highest BCUT2D eigenvalue weighted by Gasteiger charge is 2.06. The van der Waals surface area contributed by atoms with Crippen LogP contribution in [0.25, 0.3) is 0 Å². The van der Waals surface area contributed by atoms with E-state index in [-0.39, 0.29) is 0 Å². The Morgan fingerprint density at radius 3 is 2.88 bits per heavy atom. The van der Waals surface area contributed by atoms with Gasteiger partial charge in [-0.2, -0.15) is 0 Å². The van der Waals surface area contributed by atoms with Crippen LogP contribution in [0, 0.1) is 0 Å². The second-order valence-electron chi connectivity index (χ2n) is 3.18. The van der Waals surface area contributed by atoms with Crippen LogP contribution in [0.15, 0.2) is 34.1 Å². The molecule has 1 heterocycles. The Morgan fingerprint density at radius 1 is 1.44 bits per heavy atom. The molecule has 2 rings (SSSR count). The third-order valence-corrected chi connectivity index (χ3v) is 3.95. The van der Waals surface area contributed by atoms with Crippen LogP contribution in [-0.2, 0) is 6.61 Å². The molecule has 0 saturated carbocycles. The number of rotatable bonds is 3. The summed E-state index contributed by atoms with van der Waals surface area (Å²) >= 11 is 11.0. The molecule has 5 heteroatoms. The highest BCUT2D eigenvalue weighted by atomic mass is 79.9. The predicted molar refractivity (Wildman–Crippen MR) is 72.2 cm³/mol. The van der Waals surface area contributed by atoms with Crippen molar-refractivity contribution in [3.05, 3.63) is 44.0 Å². The van der Waals surface area contributed by atoms with Crippen LogP contribution in [0.5, 0.6) is 5.75 Å². The minimum Gasteiger partial charge on any atom is -0.484 e. The maximum atomic E-state index is 5.99. The van der Waals surface area contributed by atoms with Crippen LogP contribution < -0.4 is 10.5 Å². The van der Waals surface area contributed by atoms with Crippen molar-refractivity contribution in [1.29, 1.82) is 0 Å². The molecule has 0 spiro atoms. The summed E-state index contributed by atoms with van der Waals surface area (Å²) in [5, 5.41) is 2.55. The number of hydrogen-bond acceptors (Lipinski definition) is 3. The molecular weight excluding hydrogens is 310 g/mol. The van der Waals surface area contributed by atoms with Crippen molar-refractivity contribution in [3.8, 4) is 5.75 Å². The topological polar surface area (TPSA) is 35.2 Å². The van der Waals surface area contributed by atoms with Gasteiger partial charge in [0.2, 0.25) is 0 Å². The van der Waals surface area contributed by atoms with E-state index in [9.17, 15) is 0 Å². The third kappa shape index (κ3) is 2.70. The van der Waals surface area contributed by atoms with Gasteiger partial charge in [0, 0.05) is 14.7 Å². The first kappa shape index (κ1) is 11.8. The Kier molecular flexibility index (Phi) is 3.74. The summed E-state index contributed by atoms with van der Waals surface area (Å²) in [7, 11) is 0. The van der Waals surface area contributed by atoms with Crippen molar-refractivity contribution < 1.29 is 4.74 Å². The third-order valence-electron chi connectivity index (χ3n) is 1.98. The summed E-state index contributed by atoms with van der Waals surface area (Å²) < 4.78 is 6.66. The molecular formula is C11H9BrClNOS. The van der Waals surface area contributed by atoms with Crippen molar-refractivity contribution >= 4 is 44.6 Å². The van der Waals surface area contributed by atoms with E-state index in [0.29, 0.717) is 23.1 Å². The lowest BCUT2D eigenvalue weighted by atomic mass is 10.3. The molecule has 16 heavy (non-hydrogen) atoms. The van der Waals surface area contributed by atoms with Gasteiger partial charge < -0.3 is 10.5 Å². The fourth-order valence-electron chi connectivity index (χ4n) is 1.25. The van der Waals surface area contributed by atoms with E-state index in [1.807, 2.05) is 11.4 Å². The molecule has 0 unspecified atom stereocenters. The molecule has 0 bridgehead atoms. The van der Waals surface area contributed by atoms with Gasteiger partial charge in [-0.15, -0.1) is 11.3 Å². The Labute approximate surface area is 111 Å². The lowest BCUT2D eigenvalue weighted by Crippen LogP contribution is -1.97. The molecule has 2 aromatic rings. The van der Waals surface area contributed by atoms with E-state index in [4.69, 9.17) is 22.1 Å². The molecule has 2 nitrogen and oxygen atoms in total. The van der Waals surface area contributed by atoms with E-state index in [2.05, 4.69) is 15.9 Å². The normalized spacial score (nSPS) is 10.4. The van der Waals surface area contributed by atoms with Crippen molar-refractivity contribution in [3.63, 3.8) is 0 Å². The Morgan fingerprint density at radius 2 is 2.25 bits per heavy atom. The van der Waals surface area contributed by atoms with Crippen molar-refractivity contribution in [2.45, 2.75) is 6.61 Å². The fraction of sp³-hybridized carbons (Fsp3) is 0.0909. The number of benzene rings is 1. The zero-order valence-electron chi connectivity index (χ0n) is 8.24. The average molecular weight is 319 g/mol. The predicted octanol–water partition coefficient (Wildman–Crippen LogP) is 4.33. The Balaban J connectivity index is 2.10.